The van der Waals surface area contributed by atoms with Crippen LogP contribution in [0, 0.1) is 0 Å². The van der Waals surface area contributed by atoms with Crippen molar-refractivity contribution in [2.75, 3.05) is 0 Å². The van der Waals surface area contributed by atoms with Crippen LogP contribution in [0.1, 0.15) is 50.2 Å². The second-order valence-corrected chi connectivity index (χ2v) is 8.66. The number of aliphatic hydroxyl groups excluding tert-OH is 1. The Balaban J connectivity index is 1.72. The normalized spacial score (nSPS) is 14.8. The molecule has 0 radical (unpaired) electrons. The number of aryl methyl sites for hydroxylation is 2. The number of benzene rings is 1. The molecule has 0 spiro atoms. The van der Waals surface area contributed by atoms with Crippen molar-refractivity contribution in [3.63, 3.8) is 0 Å². The molecule has 2 heterocycles. The Morgan fingerprint density at radius 2 is 2.07 bits per heavy atom. The van der Waals surface area contributed by atoms with Crippen LogP contribution < -0.4 is 5.73 Å². The van der Waals surface area contributed by atoms with E-state index in [4.69, 9.17) is 10.5 Å². The van der Waals surface area contributed by atoms with Gasteiger partial charge in [0.2, 0.25) is 0 Å². The zero-order chi connectivity index (χ0) is 20.8. The maximum Gasteiger partial charge on any atom is 0.326 e. The first-order valence-electron chi connectivity index (χ1n) is 9.98. The summed E-state index contributed by atoms with van der Waals surface area (Å²) in [5.74, 6) is -0.334. The van der Waals surface area contributed by atoms with Crippen molar-refractivity contribution < 1.29 is 14.6 Å². The van der Waals surface area contributed by atoms with Crippen LogP contribution in [0.15, 0.2) is 36.7 Å². The van der Waals surface area contributed by atoms with Gasteiger partial charge in [-0.1, -0.05) is 6.07 Å². The Morgan fingerprint density at radius 3 is 2.79 bits per heavy atom. The number of fused-ring (bicyclic) bond motifs is 2. The third kappa shape index (κ3) is 4.04. The molecule has 0 fully saturated rings. The van der Waals surface area contributed by atoms with Gasteiger partial charge in [0.1, 0.15) is 18.4 Å². The summed E-state index contributed by atoms with van der Waals surface area (Å²) in [6.07, 6.45) is 5.77. The van der Waals surface area contributed by atoms with E-state index in [1.807, 2.05) is 45.2 Å². The standard InChI is InChI=1S/C23H27N3O3/c1-23(2,3)29-21(27)13-26-12-18(22(24)28)17-10-14(7-8-20(17)26)16-9-15-5-4-6-19(15)25-11-16/h7-12,22,28H,4-6,13,24H2,1-3H3. The highest BCUT2D eigenvalue weighted by molar-refractivity contribution is 5.90. The Morgan fingerprint density at radius 1 is 1.28 bits per heavy atom. The number of aromatic nitrogens is 2. The van der Waals surface area contributed by atoms with Gasteiger partial charge in [0.25, 0.3) is 0 Å². The summed E-state index contributed by atoms with van der Waals surface area (Å²) in [4.78, 5) is 16.9. The molecule has 4 rings (SSSR count). The zero-order valence-electron chi connectivity index (χ0n) is 17.1. The summed E-state index contributed by atoms with van der Waals surface area (Å²) >= 11 is 0. The fourth-order valence-corrected chi connectivity index (χ4v) is 3.97. The molecule has 1 atom stereocenters. The fourth-order valence-electron chi connectivity index (χ4n) is 3.97. The van der Waals surface area contributed by atoms with Crippen molar-refractivity contribution in [2.24, 2.45) is 5.73 Å². The molecule has 3 N–H and O–H groups in total. The van der Waals surface area contributed by atoms with Crippen LogP contribution in [0.2, 0.25) is 0 Å². The predicted octanol–water partition coefficient (Wildman–Crippen LogP) is 3.48. The van der Waals surface area contributed by atoms with Crippen LogP contribution in [-0.4, -0.2) is 26.2 Å². The highest BCUT2D eigenvalue weighted by Crippen LogP contribution is 2.32. The molecule has 6 nitrogen and oxygen atoms in total. The molecule has 1 unspecified atom stereocenters. The molecular weight excluding hydrogens is 366 g/mol. The molecule has 3 aromatic rings. The first-order valence-corrected chi connectivity index (χ1v) is 9.98. The second kappa shape index (κ2) is 7.28. The van der Waals surface area contributed by atoms with Crippen molar-refractivity contribution in [2.45, 2.75) is 58.4 Å². The number of pyridine rings is 1. The lowest BCUT2D eigenvalue weighted by Crippen LogP contribution is -2.26. The minimum Gasteiger partial charge on any atom is -0.459 e. The number of carbonyl (C=O) groups excluding carboxylic acids is 1. The van der Waals surface area contributed by atoms with E-state index in [1.165, 1.54) is 11.3 Å². The maximum atomic E-state index is 12.3. The molecule has 1 aliphatic carbocycles. The van der Waals surface area contributed by atoms with E-state index in [1.54, 1.807) is 10.8 Å². The van der Waals surface area contributed by atoms with Crippen molar-refractivity contribution in [1.82, 2.24) is 9.55 Å². The van der Waals surface area contributed by atoms with Crippen LogP contribution in [0.5, 0.6) is 0 Å². The van der Waals surface area contributed by atoms with E-state index in [9.17, 15) is 9.90 Å². The lowest BCUT2D eigenvalue weighted by atomic mass is 10.0. The fraction of sp³-hybridized carbons (Fsp3) is 0.391. The van der Waals surface area contributed by atoms with Crippen molar-refractivity contribution in [3.05, 3.63) is 53.5 Å². The summed E-state index contributed by atoms with van der Waals surface area (Å²) in [7, 11) is 0. The number of nitrogens with two attached hydrogens (primary N) is 1. The number of hydrogen-bond acceptors (Lipinski definition) is 5. The Bertz CT molecular complexity index is 1080. The highest BCUT2D eigenvalue weighted by Gasteiger charge is 2.20. The van der Waals surface area contributed by atoms with E-state index in [0.29, 0.717) is 5.56 Å². The third-order valence-corrected chi connectivity index (χ3v) is 5.20. The van der Waals surface area contributed by atoms with E-state index >= 15 is 0 Å². The van der Waals surface area contributed by atoms with Gasteiger partial charge in [0, 0.05) is 40.1 Å². The highest BCUT2D eigenvalue weighted by atomic mass is 16.6. The van der Waals surface area contributed by atoms with Crippen molar-refractivity contribution in [3.8, 4) is 11.1 Å². The van der Waals surface area contributed by atoms with Crippen LogP contribution in [0.3, 0.4) is 0 Å². The van der Waals surface area contributed by atoms with Gasteiger partial charge in [0.05, 0.1) is 0 Å². The van der Waals surface area contributed by atoms with E-state index < -0.39 is 11.8 Å². The Hall–Kier alpha value is -2.70. The lowest BCUT2D eigenvalue weighted by molar-refractivity contribution is -0.155. The topological polar surface area (TPSA) is 90.4 Å². The number of aliphatic hydroxyl groups is 1. The largest absolute Gasteiger partial charge is 0.459 e. The van der Waals surface area contributed by atoms with Crippen LogP contribution in [0.4, 0.5) is 0 Å². The maximum absolute atomic E-state index is 12.3. The van der Waals surface area contributed by atoms with Crippen molar-refractivity contribution >= 4 is 16.9 Å². The summed E-state index contributed by atoms with van der Waals surface area (Å²) in [5.41, 5.74) is 11.2. The van der Waals surface area contributed by atoms with Crippen LogP contribution >= 0.6 is 0 Å². The summed E-state index contributed by atoms with van der Waals surface area (Å²) < 4.78 is 7.21. The molecule has 152 valence electrons. The third-order valence-electron chi connectivity index (χ3n) is 5.20. The SMILES string of the molecule is CC(C)(C)OC(=O)Cn1cc(C(N)O)c2cc(-c3cnc4c(c3)CCC4)ccc21. The van der Waals surface area contributed by atoms with E-state index in [2.05, 4.69) is 11.1 Å². The molecule has 0 bridgehead atoms. The zero-order valence-corrected chi connectivity index (χ0v) is 17.1. The number of hydrogen-bond donors (Lipinski definition) is 2. The number of carbonyl (C=O) groups is 1. The number of rotatable bonds is 4. The summed E-state index contributed by atoms with van der Waals surface area (Å²) in [6, 6.07) is 8.17. The molecule has 2 aromatic heterocycles. The molecule has 1 aromatic carbocycles. The lowest BCUT2D eigenvalue weighted by Gasteiger charge is -2.19. The quantitative estimate of drug-likeness (QED) is 0.523. The van der Waals surface area contributed by atoms with Gasteiger partial charge in [-0.05, 0) is 69.4 Å². The predicted molar refractivity (Wildman–Crippen MR) is 112 cm³/mol. The van der Waals surface area contributed by atoms with E-state index in [0.717, 1.165) is 41.3 Å². The van der Waals surface area contributed by atoms with Gasteiger partial charge in [-0.25, -0.2) is 0 Å². The number of esters is 1. The summed E-state index contributed by atoms with van der Waals surface area (Å²) in [5, 5.41) is 10.9. The second-order valence-electron chi connectivity index (χ2n) is 8.66. The smallest absolute Gasteiger partial charge is 0.326 e. The minimum absolute atomic E-state index is 0.0558. The molecule has 0 amide bonds. The van der Waals surface area contributed by atoms with Crippen LogP contribution in [-0.2, 0) is 28.9 Å². The van der Waals surface area contributed by atoms with Crippen molar-refractivity contribution in [1.29, 1.82) is 0 Å². The van der Waals surface area contributed by atoms with Gasteiger partial charge in [0.15, 0.2) is 0 Å². The Kier molecular flexibility index (Phi) is 4.92. The molecular formula is C23H27N3O3. The van der Waals surface area contributed by atoms with Gasteiger partial charge >= 0.3 is 5.97 Å². The molecule has 0 saturated carbocycles. The molecule has 0 saturated heterocycles. The van der Waals surface area contributed by atoms with Gasteiger partial charge < -0.3 is 20.1 Å². The molecule has 29 heavy (non-hydrogen) atoms. The number of ether oxygens (including phenoxy) is 1. The van der Waals surface area contributed by atoms with Gasteiger partial charge in [-0.15, -0.1) is 0 Å². The van der Waals surface area contributed by atoms with Gasteiger partial charge in [-0.2, -0.15) is 0 Å². The molecule has 6 heteroatoms. The average molecular weight is 393 g/mol. The van der Waals surface area contributed by atoms with E-state index in [-0.39, 0.29) is 12.5 Å². The van der Waals surface area contributed by atoms with Crippen LogP contribution in [0.25, 0.3) is 22.0 Å². The number of nitrogens with zero attached hydrogens (tertiary/aromatic N) is 2. The minimum atomic E-state index is -1.13. The average Bonchev–Trinajstić information content (AvgIpc) is 3.23. The first kappa shape index (κ1) is 19.6. The Labute approximate surface area is 170 Å². The first-order chi connectivity index (χ1) is 13.7. The monoisotopic (exact) mass is 393 g/mol. The molecule has 1 aliphatic rings. The van der Waals surface area contributed by atoms with Gasteiger partial charge in [-0.3, -0.25) is 9.78 Å². The molecule has 0 aliphatic heterocycles. The summed E-state index contributed by atoms with van der Waals surface area (Å²) in [6.45, 7) is 5.57.